The molecule has 0 aliphatic heterocycles. The molecular formula is C14H16N2O2S. The fourth-order valence-electron chi connectivity index (χ4n) is 1.87. The van der Waals surface area contributed by atoms with Crippen molar-refractivity contribution >= 4 is 28.7 Å². The number of hydrogen-bond donors (Lipinski definition) is 2. The monoisotopic (exact) mass is 276 g/mol. The van der Waals surface area contributed by atoms with Crippen LogP contribution in [0.1, 0.15) is 15.2 Å². The Balaban J connectivity index is 2.15. The third kappa shape index (κ3) is 3.06. The molecule has 2 aromatic rings. The van der Waals surface area contributed by atoms with Gasteiger partial charge in [0.2, 0.25) is 0 Å². The second-order valence-electron chi connectivity index (χ2n) is 4.35. The van der Waals surface area contributed by atoms with Crippen molar-refractivity contribution in [2.75, 3.05) is 24.3 Å². The summed E-state index contributed by atoms with van der Waals surface area (Å²) in [5.74, 6) is -0.868. The van der Waals surface area contributed by atoms with E-state index in [0.29, 0.717) is 11.4 Å². The minimum Gasteiger partial charge on any atom is -0.477 e. The number of benzene rings is 1. The van der Waals surface area contributed by atoms with Crippen LogP contribution < -0.4 is 10.2 Å². The fraction of sp³-hybridized carbons (Fsp3) is 0.214. The first-order valence-electron chi connectivity index (χ1n) is 5.89. The zero-order chi connectivity index (χ0) is 13.8. The van der Waals surface area contributed by atoms with Gasteiger partial charge in [-0.15, -0.1) is 11.3 Å². The summed E-state index contributed by atoms with van der Waals surface area (Å²) in [6.07, 6.45) is 0. The number of aromatic carboxylic acids is 1. The number of carbonyl (C=O) groups is 1. The van der Waals surface area contributed by atoms with E-state index < -0.39 is 5.97 Å². The van der Waals surface area contributed by atoms with E-state index in [2.05, 4.69) is 5.32 Å². The molecule has 0 saturated heterocycles. The zero-order valence-electron chi connectivity index (χ0n) is 10.9. The largest absolute Gasteiger partial charge is 0.477 e. The molecule has 19 heavy (non-hydrogen) atoms. The van der Waals surface area contributed by atoms with Crippen LogP contribution in [0, 0.1) is 0 Å². The SMILES string of the molecule is CN(C)c1ccccc1NCc1ccsc1C(=O)O. The second kappa shape index (κ2) is 5.75. The molecule has 0 bridgehead atoms. The highest BCUT2D eigenvalue weighted by atomic mass is 32.1. The summed E-state index contributed by atoms with van der Waals surface area (Å²) in [4.78, 5) is 13.5. The third-order valence-electron chi connectivity index (χ3n) is 2.80. The number of carboxylic acids is 1. The van der Waals surface area contributed by atoms with Crippen molar-refractivity contribution in [1.29, 1.82) is 0 Å². The van der Waals surface area contributed by atoms with Gasteiger partial charge in [-0.3, -0.25) is 0 Å². The van der Waals surface area contributed by atoms with Crippen molar-refractivity contribution in [3.05, 3.63) is 46.2 Å². The van der Waals surface area contributed by atoms with Crippen LogP contribution in [0.2, 0.25) is 0 Å². The lowest BCUT2D eigenvalue weighted by atomic mass is 10.2. The second-order valence-corrected chi connectivity index (χ2v) is 5.26. The normalized spacial score (nSPS) is 10.2. The predicted molar refractivity (Wildman–Crippen MR) is 79.4 cm³/mol. The predicted octanol–water partition coefficient (Wildman–Crippen LogP) is 3.12. The lowest BCUT2D eigenvalue weighted by Crippen LogP contribution is -2.12. The van der Waals surface area contributed by atoms with Crippen LogP contribution in [0.4, 0.5) is 11.4 Å². The number of hydrogen-bond acceptors (Lipinski definition) is 4. The molecule has 1 heterocycles. The van der Waals surface area contributed by atoms with Gasteiger partial charge in [-0.05, 0) is 29.1 Å². The molecule has 0 spiro atoms. The van der Waals surface area contributed by atoms with Crippen LogP contribution in [0.15, 0.2) is 35.7 Å². The maximum absolute atomic E-state index is 11.0. The molecule has 0 amide bonds. The van der Waals surface area contributed by atoms with Gasteiger partial charge in [0.15, 0.2) is 0 Å². The average molecular weight is 276 g/mol. The molecule has 0 saturated carbocycles. The van der Waals surface area contributed by atoms with E-state index in [9.17, 15) is 4.79 Å². The fourth-order valence-corrected chi connectivity index (χ4v) is 2.63. The standard InChI is InChI=1S/C14H16N2O2S/c1-16(2)12-6-4-3-5-11(12)15-9-10-7-8-19-13(10)14(17)18/h3-8,15H,9H2,1-2H3,(H,17,18). The molecule has 2 rings (SSSR count). The highest BCUT2D eigenvalue weighted by Crippen LogP contribution is 2.25. The molecule has 0 fully saturated rings. The number of anilines is 2. The minimum absolute atomic E-state index is 0.398. The topological polar surface area (TPSA) is 52.6 Å². The van der Waals surface area contributed by atoms with Gasteiger partial charge in [-0.2, -0.15) is 0 Å². The van der Waals surface area contributed by atoms with Crippen LogP contribution in [0.3, 0.4) is 0 Å². The van der Waals surface area contributed by atoms with Gasteiger partial charge in [-0.1, -0.05) is 12.1 Å². The lowest BCUT2D eigenvalue weighted by Gasteiger charge is -2.18. The van der Waals surface area contributed by atoms with Gasteiger partial charge in [0.25, 0.3) is 0 Å². The van der Waals surface area contributed by atoms with Crippen molar-refractivity contribution in [2.24, 2.45) is 0 Å². The number of nitrogens with zero attached hydrogens (tertiary/aromatic N) is 1. The van der Waals surface area contributed by atoms with Crippen molar-refractivity contribution in [1.82, 2.24) is 0 Å². The number of nitrogens with one attached hydrogen (secondary N) is 1. The van der Waals surface area contributed by atoms with E-state index in [0.717, 1.165) is 16.9 Å². The summed E-state index contributed by atoms with van der Waals surface area (Å²) < 4.78 is 0. The molecule has 0 unspecified atom stereocenters. The van der Waals surface area contributed by atoms with Crippen molar-refractivity contribution < 1.29 is 9.90 Å². The molecule has 0 aliphatic carbocycles. The Morgan fingerprint density at radius 3 is 2.74 bits per heavy atom. The molecule has 4 nitrogen and oxygen atoms in total. The van der Waals surface area contributed by atoms with E-state index in [-0.39, 0.29) is 0 Å². The van der Waals surface area contributed by atoms with Gasteiger partial charge >= 0.3 is 5.97 Å². The minimum atomic E-state index is -0.868. The first kappa shape index (κ1) is 13.4. The Morgan fingerprint density at radius 1 is 1.32 bits per heavy atom. The van der Waals surface area contributed by atoms with Crippen LogP contribution in [0.5, 0.6) is 0 Å². The van der Waals surface area contributed by atoms with E-state index in [1.54, 1.807) is 5.38 Å². The van der Waals surface area contributed by atoms with E-state index in [4.69, 9.17) is 5.11 Å². The highest BCUT2D eigenvalue weighted by molar-refractivity contribution is 7.12. The quantitative estimate of drug-likeness (QED) is 0.881. The molecule has 0 atom stereocenters. The molecule has 2 N–H and O–H groups in total. The molecule has 1 aromatic carbocycles. The van der Waals surface area contributed by atoms with Crippen molar-refractivity contribution in [3.8, 4) is 0 Å². The number of carboxylic acid groups (broad SMARTS) is 1. The third-order valence-corrected chi connectivity index (χ3v) is 3.74. The van der Waals surface area contributed by atoms with Crippen LogP contribution in [-0.2, 0) is 6.54 Å². The summed E-state index contributed by atoms with van der Waals surface area (Å²) in [7, 11) is 3.96. The Labute approximate surface area is 116 Å². The molecule has 5 heteroatoms. The zero-order valence-corrected chi connectivity index (χ0v) is 11.7. The van der Waals surface area contributed by atoms with E-state index in [1.807, 2.05) is 49.3 Å². The molecule has 0 radical (unpaired) electrons. The van der Waals surface area contributed by atoms with Gasteiger partial charge in [-0.25, -0.2) is 4.79 Å². The summed E-state index contributed by atoms with van der Waals surface area (Å²) in [6, 6.07) is 9.80. The summed E-state index contributed by atoms with van der Waals surface area (Å²) >= 11 is 1.25. The summed E-state index contributed by atoms with van der Waals surface area (Å²) in [5.41, 5.74) is 2.88. The summed E-state index contributed by atoms with van der Waals surface area (Å²) in [5, 5.41) is 14.2. The van der Waals surface area contributed by atoms with Gasteiger partial charge in [0, 0.05) is 20.6 Å². The maximum atomic E-state index is 11.0. The Bertz CT molecular complexity index is 578. The van der Waals surface area contributed by atoms with Crippen LogP contribution in [0.25, 0.3) is 0 Å². The molecule has 0 aliphatic rings. The van der Waals surface area contributed by atoms with E-state index in [1.165, 1.54) is 11.3 Å². The van der Waals surface area contributed by atoms with Gasteiger partial charge < -0.3 is 15.3 Å². The van der Waals surface area contributed by atoms with Crippen molar-refractivity contribution in [3.63, 3.8) is 0 Å². The van der Waals surface area contributed by atoms with E-state index >= 15 is 0 Å². The average Bonchev–Trinajstić information content (AvgIpc) is 2.85. The smallest absolute Gasteiger partial charge is 0.346 e. The molecule has 100 valence electrons. The van der Waals surface area contributed by atoms with Gasteiger partial charge in [0.1, 0.15) is 4.88 Å². The van der Waals surface area contributed by atoms with Gasteiger partial charge in [0.05, 0.1) is 11.4 Å². The first-order chi connectivity index (χ1) is 9.09. The van der Waals surface area contributed by atoms with Crippen LogP contribution in [-0.4, -0.2) is 25.2 Å². The maximum Gasteiger partial charge on any atom is 0.346 e. The van der Waals surface area contributed by atoms with Crippen LogP contribution >= 0.6 is 11.3 Å². The number of thiophene rings is 1. The molecular weight excluding hydrogens is 260 g/mol. The lowest BCUT2D eigenvalue weighted by molar-refractivity contribution is 0.0701. The number of para-hydroxylation sites is 2. The Morgan fingerprint density at radius 2 is 2.05 bits per heavy atom. The Hall–Kier alpha value is -2.01. The Kier molecular flexibility index (Phi) is 4.06. The number of rotatable bonds is 5. The molecule has 1 aromatic heterocycles. The highest BCUT2D eigenvalue weighted by Gasteiger charge is 2.11. The first-order valence-corrected chi connectivity index (χ1v) is 6.77. The van der Waals surface area contributed by atoms with Crippen molar-refractivity contribution in [2.45, 2.75) is 6.54 Å². The summed E-state index contributed by atoms with van der Waals surface area (Å²) in [6.45, 7) is 0.510.